The largest absolute Gasteiger partial charge is 0.481 e. The second-order valence-electron chi connectivity index (χ2n) is 11.3. The molecule has 0 heterocycles. The van der Waals surface area contributed by atoms with Crippen LogP contribution < -0.4 is 27.4 Å². The van der Waals surface area contributed by atoms with Crippen molar-refractivity contribution in [2.75, 3.05) is 20.1 Å². The number of carbonyl (C=O) groups is 5. The highest BCUT2D eigenvalue weighted by Gasteiger charge is 2.35. The van der Waals surface area contributed by atoms with Crippen molar-refractivity contribution in [2.24, 2.45) is 28.3 Å². The Morgan fingerprint density at radius 2 is 1.61 bits per heavy atom. The molecule has 12 heteroatoms. The minimum Gasteiger partial charge on any atom is -0.481 e. The van der Waals surface area contributed by atoms with Crippen LogP contribution in [0.1, 0.15) is 52.0 Å². The van der Waals surface area contributed by atoms with Gasteiger partial charge in [0.15, 0.2) is 5.96 Å². The van der Waals surface area contributed by atoms with Gasteiger partial charge in [0.2, 0.25) is 17.5 Å². The zero-order valence-corrected chi connectivity index (χ0v) is 26.0. The number of benzene rings is 2. The number of ketones is 3. The van der Waals surface area contributed by atoms with Gasteiger partial charge in [0.1, 0.15) is 5.78 Å². The van der Waals surface area contributed by atoms with Crippen LogP contribution in [0, 0.1) is 11.8 Å². The normalized spacial score (nSPS) is 13.9. The van der Waals surface area contributed by atoms with E-state index >= 15 is 0 Å². The molecule has 0 aliphatic heterocycles. The number of nitrogens with two attached hydrogens (primary N) is 2. The number of carboxylic acid groups (broad SMARTS) is 1. The predicted octanol–water partition coefficient (Wildman–Crippen LogP) is 1.33. The molecule has 2 aromatic carbocycles. The van der Waals surface area contributed by atoms with Gasteiger partial charge in [0.05, 0.1) is 18.1 Å². The molecule has 0 unspecified atom stereocenters. The molecule has 2 rings (SSSR count). The number of rotatable bonds is 20. The third-order valence-electron chi connectivity index (χ3n) is 7.60. The number of nitrogens with zero attached hydrogens (tertiary/aromatic N) is 1. The smallest absolute Gasteiger partial charge is 0.303 e. The Bertz CT molecular complexity index is 1330. The van der Waals surface area contributed by atoms with Crippen molar-refractivity contribution in [1.82, 2.24) is 16.0 Å². The molecular weight excluding hydrogens is 564 g/mol. The van der Waals surface area contributed by atoms with Gasteiger partial charge in [-0.25, -0.2) is 0 Å². The number of aliphatic carboxylic acids is 1. The van der Waals surface area contributed by atoms with Crippen LogP contribution >= 0.6 is 0 Å². The highest BCUT2D eigenvalue weighted by Crippen LogP contribution is 2.22. The summed E-state index contributed by atoms with van der Waals surface area (Å²) in [5.74, 6) is -4.36. The lowest BCUT2D eigenvalue weighted by molar-refractivity contribution is -0.141. The highest BCUT2D eigenvalue weighted by molar-refractivity contribution is 6.41. The summed E-state index contributed by atoms with van der Waals surface area (Å²) in [6, 6.07) is 10.8. The van der Waals surface area contributed by atoms with Crippen molar-refractivity contribution in [3.63, 3.8) is 0 Å². The molecule has 2 aromatic rings. The van der Waals surface area contributed by atoms with Crippen molar-refractivity contribution >= 4 is 46.0 Å². The summed E-state index contributed by atoms with van der Waals surface area (Å²) in [5, 5.41) is 20.0. The lowest BCUT2D eigenvalue weighted by atomic mass is 9.90. The highest BCUT2D eigenvalue weighted by atomic mass is 16.4. The molecule has 8 N–H and O–H groups in total. The second-order valence-corrected chi connectivity index (χ2v) is 11.3. The molecule has 240 valence electrons. The maximum atomic E-state index is 13.5. The lowest BCUT2D eigenvalue weighted by Crippen LogP contribution is -2.55. The van der Waals surface area contributed by atoms with Crippen molar-refractivity contribution in [2.45, 2.75) is 71.0 Å². The molecule has 0 spiro atoms. The SMILES string of the molecule is CN[C@@H](CCCN=C(N)N)C(=O)N[C@H](C(=O)C(=O)[C@H](CCC(=O)O)NC[C@@H](Cc1cccc2ccccc12)C(C)=O)C(C)C. The number of Topliss-reactive ketones (excluding diaryl/α,β-unsaturated/α-hetero) is 3. The Kier molecular flexibility index (Phi) is 14.6. The van der Waals surface area contributed by atoms with E-state index in [0.29, 0.717) is 25.8 Å². The first-order chi connectivity index (χ1) is 20.8. The van der Waals surface area contributed by atoms with E-state index in [2.05, 4.69) is 20.9 Å². The maximum Gasteiger partial charge on any atom is 0.303 e. The molecule has 1 amide bonds. The average molecular weight is 611 g/mol. The maximum absolute atomic E-state index is 13.5. The predicted molar refractivity (Wildman–Crippen MR) is 170 cm³/mol. The number of aliphatic imine (C=N–C) groups is 1. The number of guanidine groups is 1. The first-order valence-electron chi connectivity index (χ1n) is 14.9. The average Bonchev–Trinajstić information content (AvgIpc) is 2.98. The molecule has 0 bridgehead atoms. The summed E-state index contributed by atoms with van der Waals surface area (Å²) < 4.78 is 0. The van der Waals surface area contributed by atoms with Crippen LogP contribution in [0.3, 0.4) is 0 Å². The molecule has 4 atom stereocenters. The van der Waals surface area contributed by atoms with Crippen LogP contribution in [0.2, 0.25) is 0 Å². The molecule has 0 radical (unpaired) electrons. The number of nitrogens with one attached hydrogen (secondary N) is 3. The molecule has 0 aliphatic carbocycles. The number of likely N-dealkylation sites (N-methyl/N-ethyl adjacent to an activating group) is 1. The first kappa shape index (κ1) is 36.0. The summed E-state index contributed by atoms with van der Waals surface area (Å²) in [5.41, 5.74) is 11.6. The number of carboxylic acids is 1. The number of fused-ring (bicyclic) bond motifs is 1. The van der Waals surface area contributed by atoms with E-state index < -0.39 is 53.4 Å². The molecule has 44 heavy (non-hydrogen) atoms. The summed E-state index contributed by atoms with van der Waals surface area (Å²) in [4.78, 5) is 68.0. The Morgan fingerprint density at radius 1 is 0.932 bits per heavy atom. The monoisotopic (exact) mass is 610 g/mol. The molecule has 12 nitrogen and oxygen atoms in total. The van der Waals surface area contributed by atoms with Crippen LogP contribution in [-0.2, 0) is 30.4 Å². The van der Waals surface area contributed by atoms with Gasteiger partial charge in [0.25, 0.3) is 0 Å². The van der Waals surface area contributed by atoms with Crippen LogP contribution in [0.15, 0.2) is 47.5 Å². The lowest BCUT2D eigenvalue weighted by Gasteiger charge is -2.26. The zero-order valence-electron chi connectivity index (χ0n) is 26.0. The van der Waals surface area contributed by atoms with Crippen molar-refractivity contribution in [3.05, 3.63) is 48.0 Å². The first-order valence-corrected chi connectivity index (χ1v) is 14.9. The minimum absolute atomic E-state index is 0.0475. The van der Waals surface area contributed by atoms with E-state index in [4.69, 9.17) is 11.5 Å². The van der Waals surface area contributed by atoms with Gasteiger partial charge in [0, 0.05) is 25.4 Å². The zero-order chi connectivity index (χ0) is 32.8. The van der Waals surface area contributed by atoms with Crippen molar-refractivity contribution in [1.29, 1.82) is 0 Å². The van der Waals surface area contributed by atoms with Gasteiger partial charge in [-0.05, 0) is 61.9 Å². The van der Waals surface area contributed by atoms with Gasteiger partial charge < -0.3 is 32.5 Å². The summed E-state index contributed by atoms with van der Waals surface area (Å²) >= 11 is 0. The number of carbonyl (C=O) groups excluding carboxylic acids is 4. The molecule has 0 aliphatic rings. The van der Waals surface area contributed by atoms with Crippen LogP contribution in [0.25, 0.3) is 10.8 Å². The van der Waals surface area contributed by atoms with E-state index in [9.17, 15) is 29.1 Å². The van der Waals surface area contributed by atoms with Crippen LogP contribution in [0.4, 0.5) is 0 Å². The third kappa shape index (κ3) is 11.2. The van der Waals surface area contributed by atoms with E-state index in [1.807, 2.05) is 42.5 Å². The molecule has 0 aromatic heterocycles. The van der Waals surface area contributed by atoms with Crippen LogP contribution in [0.5, 0.6) is 0 Å². The number of amides is 1. The topological polar surface area (TPSA) is 206 Å². The van der Waals surface area contributed by atoms with Gasteiger partial charge in [-0.1, -0.05) is 56.3 Å². The summed E-state index contributed by atoms with van der Waals surface area (Å²) in [6.45, 7) is 5.28. The summed E-state index contributed by atoms with van der Waals surface area (Å²) in [7, 11) is 1.61. The molecule has 0 fully saturated rings. The molecule has 0 saturated heterocycles. The van der Waals surface area contributed by atoms with E-state index in [1.165, 1.54) is 6.92 Å². The molecule has 0 saturated carbocycles. The van der Waals surface area contributed by atoms with Crippen molar-refractivity contribution in [3.8, 4) is 0 Å². The fraction of sp³-hybridized carbons (Fsp3) is 0.500. The fourth-order valence-corrected chi connectivity index (χ4v) is 5.00. The van der Waals surface area contributed by atoms with Crippen molar-refractivity contribution < 1.29 is 29.1 Å². The van der Waals surface area contributed by atoms with Crippen LogP contribution in [-0.4, -0.2) is 78.6 Å². The Labute approximate surface area is 258 Å². The van der Waals surface area contributed by atoms with E-state index in [1.54, 1.807) is 20.9 Å². The fourth-order valence-electron chi connectivity index (χ4n) is 5.00. The van der Waals surface area contributed by atoms with Gasteiger partial charge >= 0.3 is 5.97 Å². The minimum atomic E-state index is -1.15. The van der Waals surface area contributed by atoms with E-state index in [0.717, 1.165) is 16.3 Å². The third-order valence-corrected chi connectivity index (χ3v) is 7.60. The Morgan fingerprint density at radius 3 is 2.23 bits per heavy atom. The summed E-state index contributed by atoms with van der Waals surface area (Å²) in [6.07, 6.45) is 0.782. The number of hydrogen-bond donors (Lipinski definition) is 6. The van der Waals surface area contributed by atoms with Gasteiger partial charge in [-0.15, -0.1) is 0 Å². The quantitative estimate of drug-likeness (QED) is 0.0549. The van der Waals surface area contributed by atoms with Gasteiger partial charge in [-0.2, -0.15) is 0 Å². The number of hydrogen-bond acceptors (Lipinski definition) is 8. The molecular formula is C32H46N6O6. The Balaban J connectivity index is 2.18. The second kappa shape index (κ2) is 17.8. The standard InChI is InChI=1S/C32H46N6O6/c1-19(2)28(38-31(44)26(35-4)13-8-16-36-32(33)34)30(43)29(42)25(14-15-27(40)41)37-18-23(20(3)39)17-22-11-7-10-21-9-5-6-12-24(21)22/h5-7,9-12,19,23,25-26,28,35,37H,8,13-18H2,1-4H3,(H,38,44)(H,40,41)(H4,33,34,36)/t23-,25+,26+,28+/m1/s1. The van der Waals surface area contributed by atoms with Gasteiger partial charge in [-0.3, -0.25) is 29.0 Å². The van der Waals surface area contributed by atoms with E-state index in [-0.39, 0.29) is 31.1 Å². The Hall–Kier alpha value is -4.16.